The van der Waals surface area contributed by atoms with E-state index in [0.29, 0.717) is 6.04 Å². The summed E-state index contributed by atoms with van der Waals surface area (Å²) < 4.78 is 0. The number of thioether (sulfide) groups is 1. The van der Waals surface area contributed by atoms with Gasteiger partial charge in [0.05, 0.1) is 0 Å². The van der Waals surface area contributed by atoms with Crippen molar-refractivity contribution in [1.82, 2.24) is 4.90 Å². The van der Waals surface area contributed by atoms with Gasteiger partial charge in [0.2, 0.25) is 5.91 Å². The molecule has 0 atom stereocenters. The van der Waals surface area contributed by atoms with Crippen LogP contribution in [0.1, 0.15) is 24.0 Å². The number of carbonyl (C=O) groups is 1. The van der Waals surface area contributed by atoms with E-state index in [-0.39, 0.29) is 5.91 Å². The summed E-state index contributed by atoms with van der Waals surface area (Å²) in [6.45, 7) is 0.725. The number of thiophene rings is 1. The number of carbonyl (C=O) groups excluding carboxylic acids is 1. The molecule has 1 amide bonds. The molecular weight excluding hydrogens is 310 g/mol. The van der Waals surface area contributed by atoms with Crippen molar-refractivity contribution in [3.05, 3.63) is 58.3 Å². The predicted molar refractivity (Wildman–Crippen MR) is 95.1 cm³/mol. The molecule has 0 aliphatic heterocycles. The van der Waals surface area contributed by atoms with Crippen molar-refractivity contribution < 1.29 is 4.79 Å². The topological polar surface area (TPSA) is 20.3 Å². The molecule has 0 radical (unpaired) electrons. The highest BCUT2D eigenvalue weighted by atomic mass is 32.2. The minimum Gasteiger partial charge on any atom is -0.332 e. The fourth-order valence-electron chi connectivity index (χ4n) is 2.33. The number of nitrogens with zero attached hydrogens (tertiary/aromatic N) is 1. The Kier molecular flexibility index (Phi) is 5.01. The summed E-state index contributed by atoms with van der Waals surface area (Å²) in [6.07, 6.45) is 7.94. The van der Waals surface area contributed by atoms with Crippen LogP contribution in [0, 0.1) is 0 Å². The zero-order valence-corrected chi connectivity index (χ0v) is 14.2. The van der Waals surface area contributed by atoms with Gasteiger partial charge >= 0.3 is 0 Å². The number of rotatable bonds is 6. The van der Waals surface area contributed by atoms with Crippen LogP contribution < -0.4 is 0 Å². The number of amides is 1. The van der Waals surface area contributed by atoms with Gasteiger partial charge in [0.25, 0.3) is 0 Å². The highest BCUT2D eigenvalue weighted by Crippen LogP contribution is 2.29. The van der Waals surface area contributed by atoms with Crippen LogP contribution in [0.15, 0.2) is 52.1 Å². The van der Waals surface area contributed by atoms with E-state index in [1.54, 1.807) is 29.2 Å². The molecule has 0 unspecified atom stereocenters. The first kappa shape index (κ1) is 15.4. The molecule has 0 saturated heterocycles. The van der Waals surface area contributed by atoms with Crippen molar-refractivity contribution in [2.45, 2.75) is 30.3 Å². The maximum Gasteiger partial charge on any atom is 0.247 e. The van der Waals surface area contributed by atoms with Crippen LogP contribution in [-0.2, 0) is 11.3 Å². The van der Waals surface area contributed by atoms with Crippen LogP contribution in [0.4, 0.5) is 0 Å². The zero-order valence-electron chi connectivity index (χ0n) is 12.6. The molecule has 0 spiro atoms. The van der Waals surface area contributed by atoms with Crippen molar-refractivity contribution >= 4 is 35.1 Å². The lowest BCUT2D eigenvalue weighted by Crippen LogP contribution is -2.30. The summed E-state index contributed by atoms with van der Waals surface area (Å²) in [5.74, 6) is 0.114. The molecule has 1 aromatic heterocycles. The van der Waals surface area contributed by atoms with E-state index in [1.807, 2.05) is 11.0 Å². The van der Waals surface area contributed by atoms with Gasteiger partial charge in [-0.1, -0.05) is 12.1 Å². The van der Waals surface area contributed by atoms with E-state index in [2.05, 4.69) is 47.3 Å². The Bertz CT molecular complexity index is 642. The molecule has 1 aliphatic carbocycles. The summed E-state index contributed by atoms with van der Waals surface area (Å²) in [5, 5.41) is 4.18. The molecule has 1 aliphatic rings. The normalized spacial score (nSPS) is 14.4. The zero-order chi connectivity index (χ0) is 15.4. The van der Waals surface area contributed by atoms with E-state index in [9.17, 15) is 4.79 Å². The lowest BCUT2D eigenvalue weighted by atomic mass is 10.2. The molecule has 22 heavy (non-hydrogen) atoms. The molecule has 1 heterocycles. The van der Waals surface area contributed by atoms with E-state index in [1.165, 1.54) is 10.5 Å². The average Bonchev–Trinajstić information content (AvgIpc) is 3.27. The molecule has 114 valence electrons. The van der Waals surface area contributed by atoms with Gasteiger partial charge in [-0.25, -0.2) is 0 Å². The molecule has 1 saturated carbocycles. The van der Waals surface area contributed by atoms with Crippen molar-refractivity contribution in [1.29, 1.82) is 0 Å². The van der Waals surface area contributed by atoms with E-state index in [0.717, 1.165) is 24.9 Å². The van der Waals surface area contributed by atoms with Crippen LogP contribution in [0.5, 0.6) is 0 Å². The van der Waals surface area contributed by atoms with Gasteiger partial charge in [-0.3, -0.25) is 4.79 Å². The molecule has 0 N–H and O–H groups in total. The van der Waals surface area contributed by atoms with Crippen molar-refractivity contribution in [3.8, 4) is 0 Å². The second-order valence-electron chi connectivity index (χ2n) is 5.44. The highest BCUT2D eigenvalue weighted by molar-refractivity contribution is 7.98. The monoisotopic (exact) mass is 329 g/mol. The Morgan fingerprint density at radius 1 is 1.32 bits per heavy atom. The molecule has 1 aromatic carbocycles. The lowest BCUT2D eigenvalue weighted by molar-refractivity contribution is -0.127. The summed E-state index contributed by atoms with van der Waals surface area (Å²) >= 11 is 3.40. The van der Waals surface area contributed by atoms with Crippen molar-refractivity contribution in [2.24, 2.45) is 0 Å². The Morgan fingerprint density at radius 2 is 2.09 bits per heavy atom. The molecule has 4 heteroatoms. The fraction of sp³-hybridized carbons (Fsp3) is 0.278. The Hall–Kier alpha value is -1.52. The summed E-state index contributed by atoms with van der Waals surface area (Å²) in [5.41, 5.74) is 2.29. The van der Waals surface area contributed by atoms with Gasteiger partial charge in [-0.15, -0.1) is 11.8 Å². The van der Waals surface area contributed by atoms with E-state index < -0.39 is 0 Å². The van der Waals surface area contributed by atoms with Crippen LogP contribution in [0.2, 0.25) is 0 Å². The third-order valence-corrected chi connectivity index (χ3v) is 5.21. The summed E-state index contributed by atoms with van der Waals surface area (Å²) in [6, 6.07) is 10.8. The maximum absolute atomic E-state index is 12.5. The number of hydrogen-bond acceptors (Lipinski definition) is 3. The van der Waals surface area contributed by atoms with Gasteiger partial charge in [0.1, 0.15) is 0 Å². The molecule has 3 rings (SSSR count). The van der Waals surface area contributed by atoms with Crippen LogP contribution in [0.25, 0.3) is 6.08 Å². The lowest BCUT2D eigenvalue weighted by Gasteiger charge is -2.20. The first-order chi connectivity index (χ1) is 10.8. The minimum atomic E-state index is 0.114. The predicted octanol–water partition coefficient (Wildman–Crippen LogP) is 4.67. The number of hydrogen-bond donors (Lipinski definition) is 0. The third kappa shape index (κ3) is 4.02. The smallest absolute Gasteiger partial charge is 0.247 e. The summed E-state index contributed by atoms with van der Waals surface area (Å²) in [4.78, 5) is 15.7. The molecule has 0 bridgehead atoms. The van der Waals surface area contributed by atoms with Crippen molar-refractivity contribution in [2.75, 3.05) is 6.26 Å². The van der Waals surface area contributed by atoms with Gasteiger partial charge < -0.3 is 4.90 Å². The van der Waals surface area contributed by atoms with Crippen LogP contribution in [0.3, 0.4) is 0 Å². The second kappa shape index (κ2) is 7.16. The van der Waals surface area contributed by atoms with Gasteiger partial charge in [0, 0.05) is 23.6 Å². The third-order valence-electron chi connectivity index (χ3n) is 3.74. The van der Waals surface area contributed by atoms with Crippen LogP contribution >= 0.6 is 23.1 Å². The molecular formula is C18H19NOS2. The first-order valence-corrected chi connectivity index (χ1v) is 9.57. The second-order valence-corrected chi connectivity index (χ2v) is 7.10. The molecule has 1 fully saturated rings. The number of benzene rings is 1. The molecule has 2 nitrogen and oxygen atoms in total. The fourth-order valence-corrected chi connectivity index (χ4v) is 3.40. The Balaban J connectivity index is 1.66. The van der Waals surface area contributed by atoms with E-state index >= 15 is 0 Å². The minimum absolute atomic E-state index is 0.114. The van der Waals surface area contributed by atoms with Gasteiger partial charge in [0.15, 0.2) is 0 Å². The van der Waals surface area contributed by atoms with Crippen molar-refractivity contribution in [3.63, 3.8) is 0 Å². The quantitative estimate of drug-likeness (QED) is 0.567. The average molecular weight is 329 g/mol. The van der Waals surface area contributed by atoms with Crippen LogP contribution in [-0.4, -0.2) is 23.1 Å². The van der Waals surface area contributed by atoms with Gasteiger partial charge in [-0.05, 0) is 65.3 Å². The van der Waals surface area contributed by atoms with Gasteiger partial charge in [-0.2, -0.15) is 11.3 Å². The largest absolute Gasteiger partial charge is 0.332 e. The van der Waals surface area contributed by atoms with E-state index in [4.69, 9.17) is 0 Å². The summed E-state index contributed by atoms with van der Waals surface area (Å²) in [7, 11) is 0. The Morgan fingerprint density at radius 3 is 2.68 bits per heavy atom. The highest BCUT2D eigenvalue weighted by Gasteiger charge is 2.31. The first-order valence-electron chi connectivity index (χ1n) is 7.40. The Labute approximate surface area is 139 Å². The maximum atomic E-state index is 12.5. The molecule has 2 aromatic rings. The SMILES string of the molecule is CSc1ccc(C=CC(=O)N(Cc2ccsc2)C2CC2)cc1. The standard InChI is InChI=1S/C18H19NOS2/c1-21-17-7-2-14(3-8-17)4-9-18(20)19(16-5-6-16)12-15-10-11-22-13-15/h2-4,7-11,13,16H,5-6,12H2,1H3.